The molecule has 1 heterocycles. The van der Waals surface area contributed by atoms with Crippen LogP contribution in [0.2, 0.25) is 0 Å². The Balaban J connectivity index is 2.31. The molecular formula is C10H7BrN4O3. The van der Waals surface area contributed by atoms with Gasteiger partial charge in [-0.25, -0.2) is 9.97 Å². The molecule has 0 amide bonds. The monoisotopic (exact) mass is 310 g/mol. The predicted octanol–water partition coefficient (Wildman–Crippen LogP) is 2.52. The van der Waals surface area contributed by atoms with Gasteiger partial charge in [-0.3, -0.25) is 10.1 Å². The highest BCUT2D eigenvalue weighted by Crippen LogP contribution is 2.29. The zero-order chi connectivity index (χ0) is 13.1. The second kappa shape index (κ2) is 4.96. The zero-order valence-electron chi connectivity index (χ0n) is 8.91. The molecule has 0 saturated carbocycles. The van der Waals surface area contributed by atoms with E-state index in [1.165, 1.54) is 24.5 Å². The first-order valence-electron chi connectivity index (χ1n) is 4.75. The van der Waals surface area contributed by atoms with Gasteiger partial charge in [0.2, 0.25) is 5.88 Å². The van der Waals surface area contributed by atoms with Crippen molar-refractivity contribution in [1.29, 1.82) is 0 Å². The lowest BCUT2D eigenvalue weighted by atomic mass is 10.3. The molecule has 0 atom stereocenters. The van der Waals surface area contributed by atoms with Crippen LogP contribution in [0, 0.1) is 10.1 Å². The number of nitro benzene ring substituents is 1. The van der Waals surface area contributed by atoms with Crippen molar-refractivity contribution < 1.29 is 9.66 Å². The Kier molecular flexibility index (Phi) is 3.38. The summed E-state index contributed by atoms with van der Waals surface area (Å²) in [6, 6.07) is 5.68. The Hall–Kier alpha value is -2.22. The molecule has 0 radical (unpaired) electrons. The third kappa shape index (κ3) is 2.92. The standard InChI is InChI=1S/C10H7BrN4O3/c11-6-1-7(15(16)17)3-8(2-6)18-10-4-9(12)13-5-14-10/h1-5H,(H2,12,13,14). The Morgan fingerprint density at radius 2 is 2.06 bits per heavy atom. The molecule has 0 aliphatic carbocycles. The van der Waals surface area contributed by atoms with Crippen LogP contribution in [-0.2, 0) is 0 Å². The molecule has 0 fully saturated rings. The van der Waals surface area contributed by atoms with E-state index in [-0.39, 0.29) is 23.1 Å². The number of non-ortho nitro benzene ring substituents is 1. The minimum Gasteiger partial charge on any atom is -0.439 e. The molecule has 0 aliphatic heterocycles. The normalized spacial score (nSPS) is 10.1. The summed E-state index contributed by atoms with van der Waals surface area (Å²) in [5.41, 5.74) is 5.39. The van der Waals surface area contributed by atoms with Gasteiger partial charge in [0.15, 0.2) is 0 Å². The van der Waals surface area contributed by atoms with Gasteiger partial charge >= 0.3 is 0 Å². The van der Waals surface area contributed by atoms with Crippen LogP contribution in [0.3, 0.4) is 0 Å². The van der Waals surface area contributed by atoms with Gasteiger partial charge in [0, 0.05) is 16.6 Å². The number of nitrogens with two attached hydrogens (primary N) is 1. The molecule has 7 nitrogen and oxygen atoms in total. The number of hydrogen-bond donors (Lipinski definition) is 1. The molecule has 18 heavy (non-hydrogen) atoms. The van der Waals surface area contributed by atoms with Gasteiger partial charge in [-0.15, -0.1) is 0 Å². The van der Waals surface area contributed by atoms with Gasteiger partial charge in [-0.1, -0.05) is 15.9 Å². The van der Waals surface area contributed by atoms with E-state index in [9.17, 15) is 10.1 Å². The van der Waals surface area contributed by atoms with E-state index in [1.807, 2.05) is 0 Å². The third-order valence-electron chi connectivity index (χ3n) is 1.95. The molecule has 1 aromatic carbocycles. The van der Waals surface area contributed by atoms with E-state index >= 15 is 0 Å². The molecule has 0 unspecified atom stereocenters. The van der Waals surface area contributed by atoms with E-state index in [0.29, 0.717) is 4.47 Å². The number of anilines is 1. The minimum atomic E-state index is -0.508. The Labute approximate surface area is 110 Å². The van der Waals surface area contributed by atoms with Gasteiger partial charge in [-0.2, -0.15) is 0 Å². The highest BCUT2D eigenvalue weighted by atomic mass is 79.9. The fourth-order valence-corrected chi connectivity index (χ4v) is 1.70. The van der Waals surface area contributed by atoms with Crippen LogP contribution in [0.25, 0.3) is 0 Å². The molecule has 0 aliphatic rings. The molecule has 0 spiro atoms. The van der Waals surface area contributed by atoms with Crippen molar-refractivity contribution in [2.24, 2.45) is 0 Å². The first kappa shape index (κ1) is 12.2. The Morgan fingerprint density at radius 1 is 1.28 bits per heavy atom. The highest BCUT2D eigenvalue weighted by Gasteiger charge is 2.10. The van der Waals surface area contributed by atoms with Gasteiger partial charge < -0.3 is 10.5 Å². The first-order chi connectivity index (χ1) is 8.54. The average Bonchev–Trinajstić information content (AvgIpc) is 2.28. The van der Waals surface area contributed by atoms with Crippen LogP contribution in [0.1, 0.15) is 0 Å². The van der Waals surface area contributed by atoms with Gasteiger partial charge in [0.05, 0.1) is 11.0 Å². The first-order valence-corrected chi connectivity index (χ1v) is 5.54. The number of ether oxygens (including phenoxy) is 1. The summed E-state index contributed by atoms with van der Waals surface area (Å²) >= 11 is 3.17. The second-order valence-corrected chi connectivity index (χ2v) is 4.20. The number of benzene rings is 1. The van der Waals surface area contributed by atoms with Crippen LogP contribution in [0.5, 0.6) is 11.6 Å². The van der Waals surface area contributed by atoms with E-state index in [4.69, 9.17) is 10.5 Å². The predicted molar refractivity (Wildman–Crippen MR) is 67.3 cm³/mol. The summed E-state index contributed by atoms with van der Waals surface area (Å²) < 4.78 is 5.90. The van der Waals surface area contributed by atoms with Crippen molar-refractivity contribution in [2.45, 2.75) is 0 Å². The van der Waals surface area contributed by atoms with Crippen molar-refractivity contribution >= 4 is 27.4 Å². The van der Waals surface area contributed by atoms with Crippen LogP contribution < -0.4 is 10.5 Å². The molecule has 0 saturated heterocycles. The van der Waals surface area contributed by atoms with Gasteiger partial charge in [0.25, 0.3) is 5.69 Å². The van der Waals surface area contributed by atoms with Crippen molar-refractivity contribution in [1.82, 2.24) is 9.97 Å². The molecule has 1 aromatic heterocycles. The smallest absolute Gasteiger partial charge is 0.274 e. The van der Waals surface area contributed by atoms with Crippen molar-refractivity contribution in [3.05, 3.63) is 45.2 Å². The van der Waals surface area contributed by atoms with Crippen molar-refractivity contribution in [3.63, 3.8) is 0 Å². The van der Waals surface area contributed by atoms with Crippen LogP contribution in [0.15, 0.2) is 35.1 Å². The highest BCUT2D eigenvalue weighted by molar-refractivity contribution is 9.10. The maximum absolute atomic E-state index is 10.7. The Morgan fingerprint density at radius 3 is 2.72 bits per heavy atom. The number of nitro groups is 1. The minimum absolute atomic E-state index is 0.0820. The number of hydrogen-bond acceptors (Lipinski definition) is 6. The number of rotatable bonds is 3. The van der Waals surface area contributed by atoms with Gasteiger partial charge in [0.1, 0.15) is 17.9 Å². The molecule has 2 rings (SSSR count). The molecule has 0 bridgehead atoms. The number of halogens is 1. The third-order valence-corrected chi connectivity index (χ3v) is 2.41. The van der Waals surface area contributed by atoms with E-state index in [1.54, 1.807) is 6.07 Å². The number of aromatic nitrogens is 2. The molecule has 8 heteroatoms. The van der Waals surface area contributed by atoms with E-state index in [0.717, 1.165) is 0 Å². The van der Waals surface area contributed by atoms with Crippen LogP contribution in [-0.4, -0.2) is 14.9 Å². The van der Waals surface area contributed by atoms with Crippen LogP contribution >= 0.6 is 15.9 Å². The zero-order valence-corrected chi connectivity index (χ0v) is 10.5. The van der Waals surface area contributed by atoms with Gasteiger partial charge in [-0.05, 0) is 6.07 Å². The average molecular weight is 311 g/mol. The largest absolute Gasteiger partial charge is 0.439 e. The van der Waals surface area contributed by atoms with Crippen LogP contribution in [0.4, 0.5) is 11.5 Å². The molecule has 2 N–H and O–H groups in total. The number of nitrogens with zero attached hydrogens (tertiary/aromatic N) is 3. The lowest BCUT2D eigenvalue weighted by Crippen LogP contribution is -1.94. The molecule has 2 aromatic rings. The van der Waals surface area contributed by atoms with E-state index < -0.39 is 4.92 Å². The van der Waals surface area contributed by atoms with E-state index in [2.05, 4.69) is 25.9 Å². The SMILES string of the molecule is Nc1cc(Oc2cc(Br)cc([N+](=O)[O-])c2)ncn1. The lowest BCUT2D eigenvalue weighted by Gasteiger charge is -2.05. The second-order valence-electron chi connectivity index (χ2n) is 3.29. The fraction of sp³-hybridized carbons (Fsp3) is 0. The molecule has 92 valence electrons. The Bertz CT molecular complexity index is 605. The summed E-state index contributed by atoms with van der Waals surface area (Å²) in [6.07, 6.45) is 1.25. The topological polar surface area (TPSA) is 104 Å². The lowest BCUT2D eigenvalue weighted by molar-refractivity contribution is -0.385. The molecular weight excluding hydrogens is 304 g/mol. The summed E-state index contributed by atoms with van der Waals surface area (Å²) in [6.45, 7) is 0. The maximum atomic E-state index is 10.7. The fourth-order valence-electron chi connectivity index (χ4n) is 1.24. The summed E-state index contributed by atoms with van der Waals surface area (Å²) in [5, 5.41) is 10.7. The summed E-state index contributed by atoms with van der Waals surface area (Å²) in [7, 11) is 0. The summed E-state index contributed by atoms with van der Waals surface area (Å²) in [5.74, 6) is 0.758. The van der Waals surface area contributed by atoms with Crippen molar-refractivity contribution in [2.75, 3.05) is 5.73 Å². The van der Waals surface area contributed by atoms with Crippen molar-refractivity contribution in [3.8, 4) is 11.6 Å². The summed E-state index contributed by atoms with van der Waals surface area (Å²) in [4.78, 5) is 17.7. The number of nitrogen functional groups attached to an aromatic ring is 1. The maximum Gasteiger partial charge on any atom is 0.274 e. The quantitative estimate of drug-likeness (QED) is 0.690.